The predicted octanol–water partition coefficient (Wildman–Crippen LogP) is 6.67. The molecule has 0 radical (unpaired) electrons. The molecule has 604 valence electrons. The summed E-state index contributed by atoms with van der Waals surface area (Å²) < 4.78 is 48.7. The SMILES string of the molecule is COC(=O)CCC(=O)N1CCn2cc(nn2)Cn2cc(c3cc(F)ccc32)C[C@@H]2NC(=O)[C@@H](NC(=O)OCC3c4ccccc4-c4ccccc43)Cc3cccc(c3)CNC(=O)CO[C@H]3CCN(C2=O)[C@@H]3C(=O)N[C@@H]([C@@H](C)OC(C)(C)C)C(=O)N[C@@H](Cc2ccc(OC)cc2)C(=O)N2CCC[C@@]2(C)C(=O)NCCc2ccc(cc2)C1. The molecule has 6 aliphatic rings. The first kappa shape index (κ1) is 81.2. The Labute approximate surface area is 665 Å². The molecule has 6 aromatic carbocycles. The minimum absolute atomic E-state index is 0.00770. The van der Waals surface area contributed by atoms with Gasteiger partial charge in [-0.3, -0.25) is 47.8 Å². The van der Waals surface area contributed by atoms with Gasteiger partial charge in [0.25, 0.3) is 0 Å². The van der Waals surface area contributed by atoms with E-state index in [4.69, 9.17) is 23.7 Å². The van der Waals surface area contributed by atoms with E-state index in [9.17, 15) is 24.0 Å². The van der Waals surface area contributed by atoms with Crippen LogP contribution in [0.25, 0.3) is 22.0 Å². The van der Waals surface area contributed by atoms with E-state index < -0.39 is 119 Å². The Hall–Kier alpha value is -11.9. The number of carbonyl (C=O) groups is 10. The zero-order valence-corrected chi connectivity index (χ0v) is 65.6. The van der Waals surface area contributed by atoms with Crippen molar-refractivity contribution in [2.45, 2.75) is 178 Å². The van der Waals surface area contributed by atoms with Gasteiger partial charge in [-0.15, -0.1) is 5.10 Å². The van der Waals surface area contributed by atoms with Gasteiger partial charge in [0.15, 0.2) is 0 Å². The normalized spacial score (nSPS) is 22.0. The lowest BCUT2D eigenvalue weighted by molar-refractivity contribution is -0.149. The molecule has 2 aromatic heterocycles. The van der Waals surface area contributed by atoms with E-state index in [1.165, 1.54) is 36.2 Å². The van der Waals surface area contributed by atoms with Crippen molar-refractivity contribution in [1.82, 2.24) is 66.2 Å². The van der Waals surface area contributed by atoms with E-state index in [1.807, 2.05) is 72.8 Å². The quantitative estimate of drug-likeness (QED) is 0.0736. The van der Waals surface area contributed by atoms with E-state index in [2.05, 4.69) is 42.2 Å². The molecule has 28 nitrogen and oxygen atoms in total. The van der Waals surface area contributed by atoms with Gasteiger partial charge in [0.1, 0.15) is 66.2 Å². The van der Waals surface area contributed by atoms with Gasteiger partial charge in [-0.1, -0.05) is 114 Å². The number of alkyl carbamates (subject to hydrolysis) is 1. The van der Waals surface area contributed by atoms with E-state index in [0.29, 0.717) is 57.4 Å². The van der Waals surface area contributed by atoms with Gasteiger partial charge in [-0.05, 0) is 146 Å². The molecule has 2 fully saturated rings. The van der Waals surface area contributed by atoms with Crippen molar-refractivity contribution >= 4 is 70.2 Å². The molecule has 7 heterocycles. The van der Waals surface area contributed by atoms with Crippen LogP contribution in [0.4, 0.5) is 9.18 Å². The number of fused-ring (bicyclic) bond motifs is 20. The number of nitrogens with one attached hydrogen (secondary N) is 6. The fourth-order valence-corrected chi connectivity index (χ4v) is 16.2. The number of ether oxygens (including phenoxy) is 5. The number of amides is 9. The van der Waals surface area contributed by atoms with Gasteiger partial charge in [0.05, 0.1) is 57.7 Å². The Bertz CT molecular complexity index is 4900. The number of methoxy groups -OCH3 is 2. The lowest BCUT2D eigenvalue weighted by atomic mass is 9.95. The minimum atomic E-state index is -1.66. The van der Waals surface area contributed by atoms with Crippen molar-refractivity contribution < 1.29 is 76.0 Å². The highest BCUT2D eigenvalue weighted by Gasteiger charge is 2.50. The Morgan fingerprint density at radius 3 is 2.19 bits per heavy atom. The molecule has 12 bridgehead atoms. The summed E-state index contributed by atoms with van der Waals surface area (Å²) in [6.45, 7) is 8.45. The number of carbonyl (C=O) groups excluding carboxylic acids is 10. The second-order valence-corrected chi connectivity index (χ2v) is 31.2. The molecule has 14 rings (SSSR count). The monoisotopic (exact) mass is 1570 g/mol. The van der Waals surface area contributed by atoms with Crippen LogP contribution in [0.15, 0.2) is 152 Å². The van der Waals surface area contributed by atoms with Crippen LogP contribution >= 0.6 is 0 Å². The second kappa shape index (κ2) is 35.7. The zero-order chi connectivity index (χ0) is 81.2. The standard InChI is InChI=1S/C86H98FN13O15/c1-52(115-85(2,3)4)76-79(105)91-69(41-54-24-27-61(111-6)28-25-54)82(108)100-36-13-34-86(100,5)83(109)88-35-32-53-20-22-55(23-21-53)46-96(74(102)30-31-75(103)112-7)38-39-98-49-60(94-95-98)48-97-47-58(66-44-59(87)26-29-71(66)97)43-70-81(107)99-37-33-72(77(99)80(106)93-76)113-51-73(101)89-45-57-15-12-14-56(40-57)42-68(78(104)90-70)92-84(110)114-50-67-64-18-10-8-16-62(64)63-17-9-11-19-65(63)67/h8-12,14-29,40,44,47,49,52,67-70,72,76-77H,13,30-39,41-43,45-46,48,50-51H2,1-7H3,(H,88,109)(H,89,101)(H,90,104)(H,91,105)(H,92,110)(H,93,106)/t52-,68+,69+,70+,72+,76+,77+,86+/m1/s1. The Morgan fingerprint density at radius 1 is 0.730 bits per heavy atom. The Morgan fingerprint density at radius 2 is 1.46 bits per heavy atom. The number of aromatic nitrogens is 4. The molecule has 2 saturated heterocycles. The maximum Gasteiger partial charge on any atom is 0.407 e. The van der Waals surface area contributed by atoms with E-state index in [1.54, 1.807) is 116 Å². The summed E-state index contributed by atoms with van der Waals surface area (Å²) in [7, 11) is 2.77. The van der Waals surface area contributed by atoms with Crippen LogP contribution in [0.5, 0.6) is 5.75 Å². The fraction of sp³-hybridized carbons (Fsp3) is 0.419. The minimum Gasteiger partial charge on any atom is -0.497 e. The van der Waals surface area contributed by atoms with Gasteiger partial charge in [-0.2, -0.15) is 0 Å². The van der Waals surface area contributed by atoms with Gasteiger partial charge in [0.2, 0.25) is 47.3 Å². The van der Waals surface area contributed by atoms with Crippen molar-refractivity contribution in [1.29, 1.82) is 0 Å². The maximum atomic E-state index is 16.4. The summed E-state index contributed by atoms with van der Waals surface area (Å²) in [5.74, 6) is -6.44. The largest absolute Gasteiger partial charge is 0.497 e. The van der Waals surface area contributed by atoms with Gasteiger partial charge < -0.3 is 74.9 Å². The van der Waals surface area contributed by atoms with Crippen molar-refractivity contribution in [3.05, 3.63) is 208 Å². The summed E-state index contributed by atoms with van der Waals surface area (Å²) >= 11 is 0. The van der Waals surface area contributed by atoms with Crippen LogP contribution in [-0.4, -0.2) is 201 Å². The van der Waals surface area contributed by atoms with Crippen molar-refractivity contribution in [2.24, 2.45) is 0 Å². The highest BCUT2D eigenvalue weighted by molar-refractivity contribution is 5.99. The summed E-state index contributed by atoms with van der Waals surface area (Å²) in [6, 6.07) is 33.5. The van der Waals surface area contributed by atoms with Crippen LogP contribution < -0.4 is 36.6 Å². The van der Waals surface area contributed by atoms with Gasteiger partial charge in [-0.25, -0.2) is 9.18 Å². The third-order valence-electron chi connectivity index (χ3n) is 22.1. The van der Waals surface area contributed by atoms with E-state index in [-0.39, 0.29) is 116 Å². The lowest BCUT2D eigenvalue weighted by Crippen LogP contribution is -2.64. The number of nitrogens with zero attached hydrogens (tertiary/aromatic N) is 7. The molecule has 115 heavy (non-hydrogen) atoms. The van der Waals surface area contributed by atoms with Gasteiger partial charge in [0, 0.05) is 88.0 Å². The predicted molar refractivity (Wildman–Crippen MR) is 421 cm³/mol. The Kier molecular flexibility index (Phi) is 25.2. The van der Waals surface area contributed by atoms with Crippen LogP contribution in [0.1, 0.15) is 123 Å². The molecule has 29 heteroatoms. The molecule has 1 aliphatic carbocycles. The second-order valence-electron chi connectivity index (χ2n) is 31.2. The third-order valence-corrected chi connectivity index (χ3v) is 22.1. The third kappa shape index (κ3) is 19.3. The molecule has 5 aliphatic heterocycles. The zero-order valence-electron chi connectivity index (χ0n) is 65.6. The summed E-state index contributed by atoms with van der Waals surface area (Å²) in [4.78, 5) is 154. The van der Waals surface area contributed by atoms with Crippen molar-refractivity contribution in [3.63, 3.8) is 0 Å². The number of hydrogen-bond acceptors (Lipinski definition) is 17. The molecule has 8 aromatic rings. The molecule has 0 spiro atoms. The Balaban J connectivity index is 0.891. The summed E-state index contributed by atoms with van der Waals surface area (Å²) in [6.07, 6.45) is 0.172. The number of halogens is 1. The highest BCUT2D eigenvalue weighted by Crippen LogP contribution is 2.45. The lowest BCUT2D eigenvalue weighted by Gasteiger charge is -2.37. The molecule has 9 amide bonds. The van der Waals surface area contributed by atoms with Crippen LogP contribution in [-0.2, 0) is 114 Å². The number of rotatable bonds is 11. The molecular weight excluding hydrogens is 1470 g/mol. The summed E-state index contributed by atoms with van der Waals surface area (Å²) in [5, 5.41) is 26.9. The van der Waals surface area contributed by atoms with Crippen LogP contribution in [0, 0.1) is 5.82 Å². The van der Waals surface area contributed by atoms with E-state index >= 15 is 28.4 Å². The summed E-state index contributed by atoms with van der Waals surface area (Å²) in [5.41, 5.74) is 6.23. The molecular formula is C86H98FN13O15. The van der Waals surface area contributed by atoms with Crippen LogP contribution in [0.2, 0.25) is 0 Å². The first-order chi connectivity index (χ1) is 55.3. The van der Waals surface area contributed by atoms with Crippen molar-refractivity contribution in [3.8, 4) is 16.9 Å². The molecule has 0 saturated carbocycles. The number of esters is 1. The number of benzene rings is 6. The first-order valence-electron chi connectivity index (χ1n) is 39.1. The molecule has 8 atom stereocenters. The topological polar surface area (TPSA) is 334 Å². The van der Waals surface area contributed by atoms with Crippen LogP contribution in [0.3, 0.4) is 0 Å². The first-order valence-corrected chi connectivity index (χ1v) is 39.1. The smallest absolute Gasteiger partial charge is 0.407 e. The fourth-order valence-electron chi connectivity index (χ4n) is 16.2. The molecule has 0 unspecified atom stereocenters. The molecule has 6 N–H and O–H groups in total. The average molecular weight is 1570 g/mol. The van der Waals surface area contributed by atoms with Gasteiger partial charge >= 0.3 is 12.1 Å². The van der Waals surface area contributed by atoms with E-state index in [0.717, 1.165) is 33.4 Å². The number of hydrogen-bond donors (Lipinski definition) is 6. The average Bonchev–Trinajstić information content (AvgIpc) is 1.62. The van der Waals surface area contributed by atoms with Crippen molar-refractivity contribution in [2.75, 3.05) is 53.6 Å². The maximum absolute atomic E-state index is 16.4. The highest BCUT2D eigenvalue weighted by atomic mass is 19.1.